The van der Waals surface area contributed by atoms with E-state index in [1.54, 1.807) is 4.57 Å². The smallest absolute Gasteiger partial charge is 0.327 e. The Bertz CT molecular complexity index is 910. The van der Waals surface area contributed by atoms with Crippen molar-refractivity contribution in [3.8, 4) is 6.01 Å². The molecule has 0 amide bonds. The number of imidazole rings is 1. The summed E-state index contributed by atoms with van der Waals surface area (Å²) in [4.78, 5) is 26.7. The number of allylic oxidation sites excluding steroid dienone is 1. The van der Waals surface area contributed by atoms with Gasteiger partial charge in [0.25, 0.3) is 0 Å². The summed E-state index contributed by atoms with van der Waals surface area (Å²) >= 11 is 0. The van der Waals surface area contributed by atoms with E-state index < -0.39 is 0 Å². The Morgan fingerprint density at radius 2 is 2.07 bits per heavy atom. The van der Waals surface area contributed by atoms with E-state index in [9.17, 15) is 4.79 Å². The highest BCUT2D eigenvalue weighted by Gasteiger charge is 2.26. The molecule has 0 spiro atoms. The highest BCUT2D eigenvalue weighted by Crippen LogP contribution is 2.26. The Kier molecular flexibility index (Phi) is 6.18. The van der Waals surface area contributed by atoms with Crippen molar-refractivity contribution in [2.75, 3.05) is 25.4 Å². The minimum absolute atomic E-state index is 0.174. The largest absolute Gasteiger partial charge is 0.463 e. The monoisotopic (exact) mass is 400 g/mol. The lowest BCUT2D eigenvalue weighted by Gasteiger charge is -2.38. The van der Waals surface area contributed by atoms with E-state index in [1.807, 2.05) is 0 Å². The van der Waals surface area contributed by atoms with Gasteiger partial charge in [0.2, 0.25) is 0 Å². The number of H-pyrrole nitrogens is 1. The van der Waals surface area contributed by atoms with Crippen LogP contribution in [-0.4, -0.2) is 50.2 Å². The molecule has 2 aromatic rings. The lowest BCUT2D eigenvalue weighted by atomic mass is 9.92. The molecule has 1 aliphatic carbocycles. The Morgan fingerprint density at radius 1 is 1.24 bits per heavy atom. The van der Waals surface area contributed by atoms with Crippen molar-refractivity contribution < 1.29 is 4.74 Å². The maximum absolute atomic E-state index is 12.6. The molecule has 1 saturated heterocycles. The van der Waals surface area contributed by atoms with Gasteiger partial charge in [-0.2, -0.15) is 9.97 Å². The summed E-state index contributed by atoms with van der Waals surface area (Å²) in [5.74, 6) is 0.722. The minimum atomic E-state index is -0.174. The van der Waals surface area contributed by atoms with Gasteiger partial charge < -0.3 is 20.4 Å². The zero-order valence-corrected chi connectivity index (χ0v) is 17.3. The molecule has 1 fully saturated rings. The number of anilines is 1. The number of nitrogens with one attached hydrogen (secondary N) is 1. The molecule has 3 heterocycles. The van der Waals surface area contributed by atoms with Crippen LogP contribution < -0.4 is 16.2 Å². The summed E-state index contributed by atoms with van der Waals surface area (Å²) in [6.45, 7) is 5.50. The molecule has 2 aromatic heterocycles. The summed E-state index contributed by atoms with van der Waals surface area (Å²) in [5.41, 5.74) is 6.93. The summed E-state index contributed by atoms with van der Waals surface area (Å²) in [5, 5.41) is 0. The van der Waals surface area contributed by atoms with Crippen molar-refractivity contribution in [2.45, 2.75) is 64.5 Å². The van der Waals surface area contributed by atoms with E-state index in [0.717, 1.165) is 38.8 Å². The molecule has 0 bridgehead atoms. The molecular weight excluding hydrogens is 368 g/mol. The summed E-state index contributed by atoms with van der Waals surface area (Å²) in [6.07, 6.45) is 12.4. The fourth-order valence-electron chi connectivity index (χ4n) is 4.44. The molecule has 0 aromatic carbocycles. The van der Waals surface area contributed by atoms with Gasteiger partial charge in [-0.15, -0.1) is 0 Å². The predicted octanol–water partition coefficient (Wildman–Crippen LogP) is 2.70. The van der Waals surface area contributed by atoms with Crippen LogP contribution in [0.25, 0.3) is 11.2 Å². The second-order valence-electron chi connectivity index (χ2n) is 8.25. The van der Waals surface area contributed by atoms with E-state index in [2.05, 4.69) is 38.9 Å². The molecule has 0 radical (unpaired) electrons. The minimum Gasteiger partial charge on any atom is -0.463 e. The molecule has 8 nitrogen and oxygen atoms in total. The van der Waals surface area contributed by atoms with Crippen LogP contribution in [0, 0.1) is 5.92 Å². The highest BCUT2D eigenvalue weighted by atomic mass is 16.5. The summed E-state index contributed by atoms with van der Waals surface area (Å²) < 4.78 is 7.34. The van der Waals surface area contributed by atoms with Gasteiger partial charge in [0, 0.05) is 12.6 Å². The normalized spacial score (nSPS) is 21.1. The number of aromatic nitrogens is 4. The van der Waals surface area contributed by atoms with Crippen molar-refractivity contribution >= 4 is 17.0 Å². The molecule has 29 heavy (non-hydrogen) atoms. The fourth-order valence-corrected chi connectivity index (χ4v) is 4.44. The first-order chi connectivity index (χ1) is 14.2. The molecule has 158 valence electrons. The number of nitrogens with zero attached hydrogens (tertiary/aromatic N) is 4. The van der Waals surface area contributed by atoms with Crippen LogP contribution in [-0.2, 0) is 6.54 Å². The van der Waals surface area contributed by atoms with Gasteiger partial charge in [-0.3, -0.25) is 4.57 Å². The molecule has 3 N–H and O–H groups in total. The Hall–Kier alpha value is -2.35. The fraction of sp³-hybridized carbons (Fsp3) is 0.667. The number of hydrogen-bond acceptors (Lipinski definition) is 6. The van der Waals surface area contributed by atoms with E-state index in [0.29, 0.717) is 36.3 Å². The lowest BCUT2D eigenvalue weighted by Crippen LogP contribution is -2.42. The van der Waals surface area contributed by atoms with Crippen LogP contribution in [0.5, 0.6) is 6.01 Å². The Balaban J connectivity index is 1.45. The highest BCUT2D eigenvalue weighted by molar-refractivity contribution is 5.81. The number of rotatable bonds is 7. The first-order valence-corrected chi connectivity index (χ1v) is 10.9. The number of nitrogen functional groups attached to an aromatic ring is 1. The number of nitrogens with two attached hydrogens (primary N) is 1. The lowest BCUT2D eigenvalue weighted by molar-refractivity contribution is 0.119. The molecule has 1 atom stereocenters. The van der Waals surface area contributed by atoms with E-state index in [4.69, 9.17) is 10.5 Å². The van der Waals surface area contributed by atoms with E-state index >= 15 is 0 Å². The topological polar surface area (TPSA) is 102 Å². The first-order valence-electron chi connectivity index (χ1n) is 10.9. The third-order valence-electron chi connectivity index (χ3n) is 6.21. The molecule has 2 aliphatic rings. The molecule has 4 rings (SSSR count). The van der Waals surface area contributed by atoms with Crippen molar-refractivity contribution in [3.05, 3.63) is 22.6 Å². The van der Waals surface area contributed by atoms with Gasteiger partial charge in [-0.25, -0.2) is 4.79 Å². The second-order valence-corrected chi connectivity index (χ2v) is 8.25. The van der Waals surface area contributed by atoms with Gasteiger partial charge in [0.15, 0.2) is 11.5 Å². The number of piperidine rings is 1. The zero-order chi connectivity index (χ0) is 20.2. The molecule has 1 aliphatic heterocycles. The zero-order valence-electron chi connectivity index (χ0n) is 17.3. The van der Waals surface area contributed by atoms with Gasteiger partial charge >= 0.3 is 11.7 Å². The molecule has 1 unspecified atom stereocenters. The molecular formula is C21H32N6O2. The van der Waals surface area contributed by atoms with Gasteiger partial charge in [-0.05, 0) is 57.5 Å². The Labute approximate surface area is 171 Å². The number of hydrogen-bond donors (Lipinski definition) is 2. The number of likely N-dealkylation sites (tertiary alicyclic amines) is 1. The molecule has 8 heteroatoms. The van der Waals surface area contributed by atoms with Crippen molar-refractivity contribution in [1.82, 2.24) is 24.4 Å². The first kappa shape index (κ1) is 19.9. The number of fused-ring (bicyclic) bond motifs is 1. The van der Waals surface area contributed by atoms with Crippen molar-refractivity contribution in [1.29, 1.82) is 0 Å². The van der Waals surface area contributed by atoms with Crippen LogP contribution in [0.15, 0.2) is 16.9 Å². The van der Waals surface area contributed by atoms with E-state index in [1.165, 1.54) is 19.3 Å². The SMILES string of the molecule is CCCCOc1nc(N)c2[nH]c(=O)n(CC3CCN(C4CC=CCC4)CC3)c2n1. The second kappa shape index (κ2) is 8.98. The summed E-state index contributed by atoms with van der Waals surface area (Å²) in [6, 6.07) is 0.934. The molecule has 0 saturated carbocycles. The Morgan fingerprint density at radius 3 is 2.79 bits per heavy atom. The van der Waals surface area contributed by atoms with Crippen LogP contribution in [0.4, 0.5) is 5.82 Å². The van der Waals surface area contributed by atoms with Crippen LogP contribution >= 0.6 is 0 Å². The number of aromatic amines is 1. The average molecular weight is 401 g/mol. The van der Waals surface area contributed by atoms with Gasteiger partial charge in [0.1, 0.15) is 5.52 Å². The maximum atomic E-state index is 12.6. The number of unbranched alkanes of at least 4 members (excludes halogenated alkanes) is 1. The van der Waals surface area contributed by atoms with Crippen molar-refractivity contribution in [3.63, 3.8) is 0 Å². The predicted molar refractivity (Wildman–Crippen MR) is 114 cm³/mol. The van der Waals surface area contributed by atoms with Crippen LogP contribution in [0.3, 0.4) is 0 Å². The van der Waals surface area contributed by atoms with Crippen LogP contribution in [0.1, 0.15) is 51.9 Å². The van der Waals surface area contributed by atoms with Crippen molar-refractivity contribution in [2.24, 2.45) is 5.92 Å². The number of ether oxygens (including phenoxy) is 1. The van der Waals surface area contributed by atoms with E-state index in [-0.39, 0.29) is 17.5 Å². The maximum Gasteiger partial charge on any atom is 0.327 e. The quantitative estimate of drug-likeness (QED) is 0.547. The van der Waals surface area contributed by atoms with Gasteiger partial charge in [0.05, 0.1) is 6.61 Å². The third kappa shape index (κ3) is 4.47. The van der Waals surface area contributed by atoms with Gasteiger partial charge in [-0.1, -0.05) is 25.5 Å². The summed E-state index contributed by atoms with van der Waals surface area (Å²) in [7, 11) is 0. The standard InChI is InChI=1S/C21H32N6O2/c1-2-3-13-29-20-24-18(22)17-19(25-20)27(21(28)23-17)14-15-9-11-26(12-10-15)16-7-5-4-6-8-16/h4-5,15-16H,2-3,6-14H2,1H3,(H,23,28)(H2,22,24,25). The average Bonchev–Trinajstić information content (AvgIpc) is 3.05. The van der Waals surface area contributed by atoms with Crippen LogP contribution in [0.2, 0.25) is 0 Å². The third-order valence-corrected chi connectivity index (χ3v) is 6.21.